The van der Waals surface area contributed by atoms with E-state index in [0.29, 0.717) is 0 Å². The number of esters is 1. The fourth-order valence-electron chi connectivity index (χ4n) is 10.9. The molecule has 4 aliphatic rings. The molecule has 1 amide bonds. The van der Waals surface area contributed by atoms with Gasteiger partial charge in [0.05, 0.1) is 73.5 Å². The Morgan fingerprint density at radius 2 is 1.21 bits per heavy atom. The average Bonchev–Trinajstić information content (AvgIpc) is 3.08. The molecule has 6 rings (SSSR count). The summed E-state index contributed by atoms with van der Waals surface area (Å²) in [4.78, 5) is 39.0. The Morgan fingerprint density at radius 1 is 0.634 bits per heavy atom. The van der Waals surface area contributed by atoms with Crippen molar-refractivity contribution in [2.75, 3.05) is 6.61 Å². The van der Waals surface area contributed by atoms with Crippen LogP contribution in [0.3, 0.4) is 0 Å². The quantitative estimate of drug-likeness (QED) is 0.180. The van der Waals surface area contributed by atoms with E-state index < -0.39 is 159 Å². The lowest BCUT2D eigenvalue weighted by Gasteiger charge is -2.45. The van der Waals surface area contributed by atoms with Gasteiger partial charge in [-0.2, -0.15) is 0 Å². The van der Waals surface area contributed by atoms with Gasteiger partial charge in [-0.15, -0.1) is 0 Å². The van der Waals surface area contributed by atoms with E-state index in [2.05, 4.69) is 5.32 Å². The number of benzene rings is 2. The predicted molar refractivity (Wildman–Crippen MR) is 301 cm³/mol. The smallest absolute Gasteiger partial charge is 0.407 e. The number of carboxylic acids is 1. The van der Waals surface area contributed by atoms with Crippen molar-refractivity contribution in [3.8, 4) is 11.1 Å². The number of cyclic esters (lactones) is 1. The summed E-state index contributed by atoms with van der Waals surface area (Å²) in [7, 11) is 0. The lowest BCUT2D eigenvalue weighted by molar-refractivity contribution is -0.309. The van der Waals surface area contributed by atoms with Gasteiger partial charge >= 0.3 is 18.0 Å². The molecule has 20 nitrogen and oxygen atoms in total. The second-order valence-electron chi connectivity index (χ2n) is 22.0. The standard InChI is InChI=1S/C62H83NO19/c1-36-21-15-13-11-9-7-5-6-8-10-12-14-16-22-43(81-60-58(73)55(57(72)39(4)80-60)63-61(76)78-35-48-46-25-19-17-23-44(46)45-24-18-20-26-47(45)48)32-52-54(59(74)75)51(69)34-62(77,82-52)33-42(66)30-50(68)49(67)28-27-40(64)29-41(65)31-53(70)79-38(3)37(2)56(36)71/h5-26,36-43,48-52,54-58,60,64-69,71-73,77H,27-35H2,1-4H3,(H,63,76)(H,74,75)/b6-5-,9-7-,10-8-,13-11-,14-12-,21-15-,22-16-/t36-,37-,38-,39+,40+,41+,42-,43-,49+,50+,51-,52-,54+,55-,56+,57+,58-,60-,62+/m0/s1. The number of ether oxygens (including phenoxy) is 5. The van der Waals surface area contributed by atoms with Crippen molar-refractivity contribution in [3.05, 3.63) is 145 Å². The molecule has 19 atom stereocenters. The minimum absolute atomic E-state index is 0.0562. The van der Waals surface area contributed by atoms with Gasteiger partial charge in [-0.3, -0.25) is 9.59 Å². The zero-order valence-corrected chi connectivity index (χ0v) is 46.7. The van der Waals surface area contributed by atoms with E-state index in [1.54, 1.807) is 86.8 Å². The number of nitrogens with one attached hydrogen (secondary N) is 1. The number of aliphatic carboxylic acids is 1. The number of hydrogen-bond acceptors (Lipinski definition) is 18. The molecule has 0 radical (unpaired) electrons. The fourth-order valence-corrected chi connectivity index (χ4v) is 10.9. The van der Waals surface area contributed by atoms with Gasteiger partial charge in [-0.05, 0) is 55.4 Å². The first-order valence-corrected chi connectivity index (χ1v) is 28.1. The molecule has 12 N–H and O–H groups in total. The van der Waals surface area contributed by atoms with E-state index in [-0.39, 0.29) is 37.7 Å². The Kier molecular flexibility index (Phi) is 25.0. The lowest BCUT2D eigenvalue weighted by Crippen LogP contribution is -2.64. The molecule has 0 aromatic heterocycles. The summed E-state index contributed by atoms with van der Waals surface area (Å²) >= 11 is 0. The highest BCUT2D eigenvalue weighted by molar-refractivity contribution is 5.79. The third-order valence-corrected chi connectivity index (χ3v) is 15.6. The molecular weight excluding hydrogens is 1060 g/mol. The van der Waals surface area contributed by atoms with E-state index in [1.807, 2.05) is 61.5 Å². The Bertz CT molecular complexity index is 2550. The number of carbonyl (C=O) groups excluding carboxylic acids is 2. The Hall–Kier alpha value is -5.69. The van der Waals surface area contributed by atoms with Crippen LogP contribution in [0.15, 0.2) is 134 Å². The van der Waals surface area contributed by atoms with E-state index in [1.165, 1.54) is 13.0 Å². The Labute approximate surface area is 478 Å². The summed E-state index contributed by atoms with van der Waals surface area (Å²) in [5.41, 5.74) is 3.98. The van der Waals surface area contributed by atoms with Crippen molar-refractivity contribution < 1.29 is 94.2 Å². The van der Waals surface area contributed by atoms with Crippen LogP contribution >= 0.6 is 0 Å². The maximum atomic E-state index is 13.5. The third-order valence-electron chi connectivity index (χ3n) is 15.6. The second kappa shape index (κ2) is 31.3. The lowest BCUT2D eigenvalue weighted by atomic mass is 9.82. The van der Waals surface area contributed by atoms with Crippen LogP contribution in [0, 0.1) is 17.8 Å². The first-order valence-electron chi connectivity index (χ1n) is 28.1. The van der Waals surface area contributed by atoms with Crippen LogP contribution in [-0.4, -0.2) is 178 Å². The topological polar surface area (TPSA) is 332 Å². The predicted octanol–water partition coefficient (Wildman–Crippen LogP) is 4.29. The van der Waals surface area contributed by atoms with Crippen molar-refractivity contribution in [1.29, 1.82) is 0 Å². The SMILES string of the molecule is C[C@@H]1[C@H](O)[C@@H](C)\C=C/C=C\C=C/C=C\C=C/C=C\C=C/[C@H](O[C@@H]2O[C@H](C)[C@@H](O)[C@H](NC(=O)OCC3c4ccccc4-c4ccccc43)[C@@H]2O)C[C@@H]2O[C@](O)(C[C@@H](O)C[C@@H](O)[C@H](O)CC[C@@H](O)C[C@@H](O)CC(=O)O[C@H]1C)C[C@H](O)[C@H]2C(=O)O. The number of aliphatic hydroxyl groups excluding tert-OH is 9. The maximum Gasteiger partial charge on any atom is 0.407 e. The van der Waals surface area contributed by atoms with Gasteiger partial charge in [0.1, 0.15) is 30.8 Å². The zero-order valence-electron chi connectivity index (χ0n) is 46.7. The monoisotopic (exact) mass is 1150 g/mol. The van der Waals surface area contributed by atoms with E-state index in [4.69, 9.17) is 23.7 Å². The molecule has 3 aliphatic heterocycles. The first-order chi connectivity index (χ1) is 39.0. The molecular formula is C62H83NO19. The minimum Gasteiger partial charge on any atom is -0.481 e. The summed E-state index contributed by atoms with van der Waals surface area (Å²) < 4.78 is 29.5. The molecule has 0 unspecified atom stereocenters. The van der Waals surface area contributed by atoms with Gasteiger partial charge in [-0.1, -0.05) is 147 Å². The molecule has 2 bridgehead atoms. The van der Waals surface area contributed by atoms with Crippen molar-refractivity contribution >= 4 is 18.0 Å². The van der Waals surface area contributed by atoms with Crippen LogP contribution in [0.4, 0.5) is 4.79 Å². The van der Waals surface area contributed by atoms with Gasteiger partial charge in [0.2, 0.25) is 0 Å². The Morgan fingerprint density at radius 3 is 1.80 bits per heavy atom. The van der Waals surface area contributed by atoms with Crippen LogP contribution in [0.25, 0.3) is 11.1 Å². The molecule has 0 saturated carbocycles. The first kappa shape index (κ1) is 65.5. The Balaban J connectivity index is 1.19. The summed E-state index contributed by atoms with van der Waals surface area (Å²) in [6.07, 6.45) is 0.660. The van der Waals surface area contributed by atoms with Crippen LogP contribution < -0.4 is 5.32 Å². The fraction of sp³-hybridized carbons (Fsp3) is 0.532. The third kappa shape index (κ3) is 18.7. The molecule has 2 aromatic rings. The number of carbonyl (C=O) groups is 3. The molecule has 450 valence electrons. The van der Waals surface area contributed by atoms with E-state index in [9.17, 15) is 70.6 Å². The molecule has 2 fully saturated rings. The molecule has 82 heavy (non-hydrogen) atoms. The van der Waals surface area contributed by atoms with Gasteiger partial charge in [0, 0.05) is 43.4 Å². The number of carboxylic acid groups (broad SMARTS) is 1. The average molecular weight is 1150 g/mol. The number of rotatable bonds is 6. The van der Waals surface area contributed by atoms with Crippen LogP contribution in [0.2, 0.25) is 0 Å². The summed E-state index contributed by atoms with van der Waals surface area (Å²) in [5, 5.41) is 124. The normalized spacial score (nSPS) is 38.9. The number of amides is 1. The highest BCUT2D eigenvalue weighted by Crippen LogP contribution is 2.45. The van der Waals surface area contributed by atoms with Crippen LogP contribution in [0.1, 0.15) is 96.1 Å². The van der Waals surface area contributed by atoms with Crippen molar-refractivity contribution in [3.63, 3.8) is 0 Å². The zero-order chi connectivity index (χ0) is 59.7. The van der Waals surface area contributed by atoms with Crippen molar-refractivity contribution in [2.24, 2.45) is 17.8 Å². The number of hydrogen-bond donors (Lipinski definition) is 12. The number of allylic oxidation sites excluding steroid dienone is 12. The highest BCUT2D eigenvalue weighted by Gasteiger charge is 2.51. The van der Waals surface area contributed by atoms with E-state index >= 15 is 0 Å². The largest absolute Gasteiger partial charge is 0.481 e. The molecule has 2 aromatic carbocycles. The maximum absolute atomic E-state index is 13.5. The second-order valence-corrected chi connectivity index (χ2v) is 22.0. The van der Waals surface area contributed by atoms with Crippen molar-refractivity contribution in [2.45, 2.75) is 182 Å². The highest BCUT2D eigenvalue weighted by atomic mass is 16.7. The van der Waals surface area contributed by atoms with Gasteiger partial charge in [-0.25, -0.2) is 4.79 Å². The summed E-state index contributed by atoms with van der Waals surface area (Å²) in [6, 6.07) is 14.2. The van der Waals surface area contributed by atoms with Crippen LogP contribution in [-0.2, 0) is 33.3 Å². The van der Waals surface area contributed by atoms with Gasteiger partial charge in [0.15, 0.2) is 12.1 Å². The minimum atomic E-state index is -2.40. The number of fused-ring (bicyclic) bond motifs is 5. The van der Waals surface area contributed by atoms with Crippen molar-refractivity contribution in [1.82, 2.24) is 5.32 Å². The van der Waals surface area contributed by atoms with Gasteiger partial charge < -0.3 is 85.2 Å². The molecule has 2 saturated heterocycles. The molecule has 3 heterocycles. The number of aliphatic hydroxyl groups is 10. The summed E-state index contributed by atoms with van der Waals surface area (Å²) in [5.74, 6) is -7.35. The van der Waals surface area contributed by atoms with Gasteiger partial charge in [0.25, 0.3) is 0 Å². The summed E-state index contributed by atoms with van der Waals surface area (Å²) in [6.45, 7) is 6.64. The molecule has 0 spiro atoms. The van der Waals surface area contributed by atoms with Crippen LogP contribution in [0.5, 0.6) is 0 Å². The molecule has 1 aliphatic carbocycles. The van der Waals surface area contributed by atoms with E-state index in [0.717, 1.165) is 22.3 Å². The molecule has 20 heteroatoms. The number of alkyl carbamates (subject to hydrolysis) is 1.